The highest BCUT2D eigenvalue weighted by Gasteiger charge is 2.36. The molecule has 1 atom stereocenters. The van der Waals surface area contributed by atoms with Crippen molar-refractivity contribution in [2.24, 2.45) is 4.99 Å². The Morgan fingerprint density at radius 1 is 0.429 bits per heavy atom. The van der Waals surface area contributed by atoms with Gasteiger partial charge in [-0.3, -0.25) is 0 Å². The van der Waals surface area contributed by atoms with Crippen LogP contribution in [-0.4, -0.2) is 17.7 Å². The zero-order valence-corrected chi connectivity index (χ0v) is 31.2. The summed E-state index contributed by atoms with van der Waals surface area (Å²) in [6.07, 6.45) is 47.3. The van der Waals surface area contributed by atoms with Crippen LogP contribution in [0.4, 0.5) is 0 Å². The Morgan fingerprint density at radius 2 is 0.643 bits per heavy atom. The summed E-state index contributed by atoms with van der Waals surface area (Å²) in [5.74, 6) is 0. The lowest BCUT2D eigenvalue weighted by atomic mass is 10.0. The Labute approximate surface area is 278 Å². The molecule has 250 valence electrons. The lowest BCUT2D eigenvalue weighted by Crippen LogP contribution is -2.29. The van der Waals surface area contributed by atoms with Crippen molar-refractivity contribution in [3.63, 3.8) is 0 Å². The molecule has 0 spiro atoms. The average Bonchev–Trinajstić information content (AvgIpc) is 2.96. The van der Waals surface area contributed by atoms with E-state index in [-0.39, 0.29) is 0 Å². The number of aliphatic imine (C=N–C) groups is 1. The Balaban J connectivity index is 3.15. The second-order valence-corrected chi connectivity index (χ2v) is 21.9. The first kappa shape index (κ1) is 42.5. The van der Waals surface area contributed by atoms with E-state index in [1.54, 1.807) is 6.08 Å². The summed E-state index contributed by atoms with van der Waals surface area (Å²) in [7, 11) is 0. The smallest absolute Gasteiger partial charge is 0.211 e. The van der Waals surface area contributed by atoms with Crippen LogP contribution in [0.2, 0.25) is 0 Å². The summed E-state index contributed by atoms with van der Waals surface area (Å²) >= 11 is 18.0. The first-order valence-electron chi connectivity index (χ1n) is 18.7. The molecule has 0 N–H and O–H groups in total. The SMILES string of the molecule is CCCCCCCCCCCCCCCCCCCCCCCCCCCCCCCCCC[C@@H](N=C=O)[Si](Cl)(Cl)Cl. The van der Waals surface area contributed by atoms with Gasteiger partial charge in [0.2, 0.25) is 6.08 Å². The van der Waals surface area contributed by atoms with Gasteiger partial charge < -0.3 is 0 Å². The van der Waals surface area contributed by atoms with Crippen LogP contribution >= 0.6 is 33.2 Å². The maximum absolute atomic E-state index is 10.5. The normalized spacial score (nSPS) is 12.5. The molecule has 0 saturated heterocycles. The third-order valence-corrected chi connectivity index (χ3v) is 12.4. The first-order chi connectivity index (χ1) is 20.5. The van der Waals surface area contributed by atoms with Crippen LogP contribution in [0.5, 0.6) is 0 Å². The number of carbonyl (C=O) groups excluding carboxylic acids is 1. The highest BCUT2D eigenvalue weighted by molar-refractivity contribution is 7.65. The van der Waals surface area contributed by atoms with E-state index in [4.69, 9.17) is 33.2 Å². The largest absolute Gasteiger partial charge is 0.365 e. The predicted octanol–water partition coefficient (Wildman–Crippen LogP) is 14.8. The zero-order chi connectivity index (χ0) is 30.8. The van der Waals surface area contributed by atoms with Gasteiger partial charge in [0, 0.05) is 0 Å². The quantitative estimate of drug-likeness (QED) is 0.0218. The molecule has 0 unspecified atom stereocenters. The second-order valence-electron chi connectivity index (χ2n) is 13.0. The molecule has 0 amide bonds. The molecule has 42 heavy (non-hydrogen) atoms. The van der Waals surface area contributed by atoms with Crippen molar-refractivity contribution in [2.45, 2.75) is 224 Å². The molecule has 0 aliphatic heterocycles. The summed E-state index contributed by atoms with van der Waals surface area (Å²) in [5.41, 5.74) is -0.437. The second kappa shape index (κ2) is 34.3. The summed E-state index contributed by atoms with van der Waals surface area (Å²) < 4.78 is 0. The summed E-state index contributed by atoms with van der Waals surface area (Å²) in [4.78, 5) is 14.2. The standard InChI is InChI=1S/C36H70Cl3NOSi/c1-2-3-4-5-6-7-8-9-10-11-12-13-14-15-16-17-18-19-20-21-22-23-24-25-26-27-28-29-30-31-32-33-34-36(40-35-41)42(37,38)39/h36H,2-34H2,1H3/t36-/m0/s1. The lowest BCUT2D eigenvalue weighted by Gasteiger charge is -2.15. The number of rotatable bonds is 35. The van der Waals surface area contributed by atoms with Gasteiger partial charge in [-0.2, -0.15) is 0 Å². The van der Waals surface area contributed by atoms with Gasteiger partial charge in [0.05, 0.1) is 5.67 Å². The minimum absolute atomic E-state index is 0.437. The van der Waals surface area contributed by atoms with Gasteiger partial charge >= 0.3 is 6.00 Å². The van der Waals surface area contributed by atoms with Crippen molar-refractivity contribution in [1.82, 2.24) is 0 Å². The van der Waals surface area contributed by atoms with Crippen LogP contribution in [-0.2, 0) is 4.79 Å². The maximum Gasteiger partial charge on any atom is 0.365 e. The number of hydrogen-bond acceptors (Lipinski definition) is 2. The van der Waals surface area contributed by atoms with Crippen LogP contribution in [0.15, 0.2) is 4.99 Å². The van der Waals surface area contributed by atoms with E-state index in [1.165, 1.54) is 193 Å². The molecule has 6 heteroatoms. The van der Waals surface area contributed by atoms with E-state index in [0.717, 1.165) is 12.8 Å². The van der Waals surface area contributed by atoms with Crippen molar-refractivity contribution < 1.29 is 4.79 Å². The molecule has 0 saturated carbocycles. The Morgan fingerprint density at radius 3 is 0.833 bits per heavy atom. The Hall–Kier alpha value is 0.467. The number of isocyanates is 1. The van der Waals surface area contributed by atoms with Crippen LogP contribution in [0.3, 0.4) is 0 Å². The van der Waals surface area contributed by atoms with Gasteiger partial charge in [0.15, 0.2) is 0 Å². The van der Waals surface area contributed by atoms with Crippen LogP contribution in [0.1, 0.15) is 219 Å². The molecule has 0 heterocycles. The van der Waals surface area contributed by atoms with Gasteiger partial charge in [-0.05, 0) is 6.42 Å². The summed E-state index contributed by atoms with van der Waals surface area (Å²) in [6.45, 7) is 2.30. The molecule has 0 aromatic heterocycles. The van der Waals surface area contributed by atoms with E-state index < -0.39 is 11.7 Å². The van der Waals surface area contributed by atoms with Crippen LogP contribution in [0.25, 0.3) is 0 Å². The molecular weight excluding hydrogens is 597 g/mol. The van der Waals surface area contributed by atoms with Crippen LogP contribution < -0.4 is 0 Å². The number of halogens is 3. The van der Waals surface area contributed by atoms with E-state index in [2.05, 4.69) is 11.9 Å². The molecule has 0 aliphatic carbocycles. The highest BCUT2D eigenvalue weighted by Crippen LogP contribution is 2.29. The zero-order valence-electron chi connectivity index (χ0n) is 27.9. The molecule has 0 fully saturated rings. The van der Waals surface area contributed by atoms with Crippen LogP contribution in [0, 0.1) is 0 Å². The molecular formula is C36H70Cl3NOSi. The van der Waals surface area contributed by atoms with E-state index in [0.29, 0.717) is 6.42 Å². The minimum Gasteiger partial charge on any atom is -0.211 e. The molecule has 0 aromatic rings. The number of hydrogen-bond donors (Lipinski definition) is 0. The first-order valence-corrected chi connectivity index (χ1v) is 23.8. The average molecular weight is 667 g/mol. The molecule has 0 rings (SSSR count). The van der Waals surface area contributed by atoms with Crippen molar-refractivity contribution in [2.75, 3.05) is 0 Å². The highest BCUT2D eigenvalue weighted by atomic mass is 35.8. The summed E-state index contributed by atoms with van der Waals surface area (Å²) in [5, 5.41) is 0. The summed E-state index contributed by atoms with van der Waals surface area (Å²) in [6, 6.07) is -2.95. The number of unbranched alkanes of at least 4 members (excludes halogenated alkanes) is 31. The maximum atomic E-state index is 10.5. The molecule has 0 bridgehead atoms. The van der Waals surface area contributed by atoms with Gasteiger partial charge in [-0.15, -0.1) is 33.2 Å². The molecule has 2 nitrogen and oxygen atoms in total. The lowest BCUT2D eigenvalue weighted by molar-refractivity contribution is 0.511. The molecule has 0 aliphatic rings. The van der Waals surface area contributed by atoms with Crippen molar-refractivity contribution in [3.8, 4) is 0 Å². The van der Waals surface area contributed by atoms with E-state index >= 15 is 0 Å². The van der Waals surface area contributed by atoms with Gasteiger partial charge in [-0.1, -0.05) is 212 Å². The predicted molar refractivity (Wildman–Crippen MR) is 193 cm³/mol. The van der Waals surface area contributed by atoms with Gasteiger partial charge in [0.25, 0.3) is 0 Å². The minimum atomic E-state index is -2.95. The van der Waals surface area contributed by atoms with E-state index in [9.17, 15) is 4.79 Å². The molecule has 0 aromatic carbocycles. The van der Waals surface area contributed by atoms with Crippen molar-refractivity contribution >= 4 is 45.3 Å². The fourth-order valence-corrected chi connectivity index (χ4v) is 8.23. The van der Waals surface area contributed by atoms with Crippen molar-refractivity contribution in [3.05, 3.63) is 0 Å². The number of nitrogens with zero attached hydrogens (tertiary/aromatic N) is 1. The fourth-order valence-electron chi connectivity index (χ4n) is 6.08. The Bertz CT molecular complexity index is 580. The van der Waals surface area contributed by atoms with Gasteiger partial charge in [-0.25, -0.2) is 9.79 Å². The monoisotopic (exact) mass is 665 g/mol. The van der Waals surface area contributed by atoms with E-state index in [1.807, 2.05) is 0 Å². The van der Waals surface area contributed by atoms with Crippen molar-refractivity contribution in [1.29, 1.82) is 0 Å². The Kier molecular flexibility index (Phi) is 34.7. The fraction of sp³-hybridized carbons (Fsp3) is 0.972. The topological polar surface area (TPSA) is 29.4 Å². The third-order valence-electron chi connectivity index (χ3n) is 8.92. The third kappa shape index (κ3) is 33.4. The van der Waals surface area contributed by atoms with Gasteiger partial charge in [0.1, 0.15) is 0 Å². The molecule has 0 radical (unpaired) electrons.